The van der Waals surface area contributed by atoms with Crippen molar-refractivity contribution in [1.82, 2.24) is 19.7 Å². The minimum Gasteiger partial charge on any atom is -0.349 e. The number of carbonyl (C=O) groups is 2. The van der Waals surface area contributed by atoms with Crippen molar-refractivity contribution in [2.45, 2.75) is 51.1 Å². The summed E-state index contributed by atoms with van der Waals surface area (Å²) in [4.78, 5) is 27.1. The van der Waals surface area contributed by atoms with Crippen LogP contribution in [0.5, 0.6) is 0 Å². The fraction of sp³-hybridized carbons (Fsp3) is 0.400. The molecule has 0 saturated heterocycles. The van der Waals surface area contributed by atoms with Crippen LogP contribution in [0.25, 0.3) is 11.4 Å². The summed E-state index contributed by atoms with van der Waals surface area (Å²) in [5, 5.41) is 7.91. The SMILES string of the molecule is Cn1cccc1-c1cc2n(n1)CCC(=O)N2CCCC(=O)NC1CCCc2ccccc21. The van der Waals surface area contributed by atoms with E-state index in [1.165, 1.54) is 11.1 Å². The first-order chi connectivity index (χ1) is 15.6. The number of nitrogens with zero attached hydrogens (tertiary/aromatic N) is 4. The van der Waals surface area contributed by atoms with Gasteiger partial charge in [0.25, 0.3) is 0 Å². The van der Waals surface area contributed by atoms with Crippen LogP contribution >= 0.6 is 0 Å². The van der Waals surface area contributed by atoms with E-state index in [4.69, 9.17) is 5.10 Å². The molecule has 1 aromatic carbocycles. The van der Waals surface area contributed by atoms with Crippen molar-refractivity contribution in [3.8, 4) is 11.4 Å². The molecule has 1 unspecified atom stereocenters. The van der Waals surface area contributed by atoms with Crippen LogP contribution in [0.4, 0.5) is 5.82 Å². The van der Waals surface area contributed by atoms with E-state index in [2.05, 4.69) is 23.5 Å². The maximum absolute atomic E-state index is 12.7. The molecule has 3 heterocycles. The summed E-state index contributed by atoms with van der Waals surface area (Å²) in [5.41, 5.74) is 4.47. The minimum absolute atomic E-state index is 0.0502. The van der Waals surface area contributed by atoms with E-state index >= 15 is 0 Å². The van der Waals surface area contributed by atoms with E-state index in [-0.39, 0.29) is 17.9 Å². The lowest BCUT2D eigenvalue weighted by Gasteiger charge is -2.28. The highest BCUT2D eigenvalue weighted by atomic mass is 16.2. The zero-order valence-corrected chi connectivity index (χ0v) is 18.5. The zero-order valence-electron chi connectivity index (χ0n) is 18.5. The molecular formula is C25H29N5O2. The second-order valence-electron chi connectivity index (χ2n) is 8.73. The first-order valence-corrected chi connectivity index (χ1v) is 11.5. The maximum Gasteiger partial charge on any atom is 0.229 e. The summed E-state index contributed by atoms with van der Waals surface area (Å²) in [6.45, 7) is 1.11. The lowest BCUT2D eigenvalue weighted by Crippen LogP contribution is -2.38. The van der Waals surface area contributed by atoms with E-state index in [1.54, 1.807) is 4.90 Å². The monoisotopic (exact) mass is 431 g/mol. The highest BCUT2D eigenvalue weighted by Crippen LogP contribution is 2.30. The fourth-order valence-electron chi connectivity index (χ4n) is 4.91. The van der Waals surface area contributed by atoms with Gasteiger partial charge in [0.05, 0.1) is 18.3 Å². The topological polar surface area (TPSA) is 72.2 Å². The van der Waals surface area contributed by atoms with Gasteiger partial charge in [-0.15, -0.1) is 0 Å². The molecule has 2 aromatic heterocycles. The Labute approximate surface area is 188 Å². The second kappa shape index (κ2) is 8.65. The Morgan fingerprint density at radius 3 is 2.91 bits per heavy atom. The number of aryl methyl sites for hydroxylation is 3. The first-order valence-electron chi connectivity index (χ1n) is 11.5. The van der Waals surface area contributed by atoms with Gasteiger partial charge in [0.15, 0.2) is 0 Å². The van der Waals surface area contributed by atoms with Crippen LogP contribution in [0.15, 0.2) is 48.7 Å². The van der Waals surface area contributed by atoms with Gasteiger partial charge < -0.3 is 9.88 Å². The predicted molar refractivity (Wildman–Crippen MR) is 123 cm³/mol. The van der Waals surface area contributed by atoms with Crippen molar-refractivity contribution in [2.75, 3.05) is 11.4 Å². The average molecular weight is 432 g/mol. The Hall–Kier alpha value is -3.35. The van der Waals surface area contributed by atoms with Gasteiger partial charge in [-0.3, -0.25) is 14.5 Å². The molecule has 1 atom stereocenters. The van der Waals surface area contributed by atoms with E-state index in [0.29, 0.717) is 32.4 Å². The fourth-order valence-corrected chi connectivity index (χ4v) is 4.91. The van der Waals surface area contributed by atoms with Crippen LogP contribution < -0.4 is 10.2 Å². The van der Waals surface area contributed by atoms with E-state index in [9.17, 15) is 9.59 Å². The normalized spacial score (nSPS) is 17.7. The number of hydrogen-bond donors (Lipinski definition) is 1. The standard InChI is InChI=1S/C25H29N5O2/c1-28-14-5-11-22(28)21-17-24-29(25(32)13-16-30(24)27-21)15-6-12-23(31)26-20-10-4-8-18-7-2-3-9-19(18)20/h2-3,5,7,9,11,14,17,20H,4,6,8,10,12-13,15-16H2,1H3,(H,26,31). The number of nitrogens with one attached hydrogen (secondary N) is 1. The number of carbonyl (C=O) groups excluding carboxylic acids is 2. The van der Waals surface area contributed by atoms with Crippen molar-refractivity contribution in [3.05, 3.63) is 59.8 Å². The molecule has 1 N–H and O–H groups in total. The highest BCUT2D eigenvalue weighted by molar-refractivity contribution is 5.94. The molecule has 0 spiro atoms. The van der Waals surface area contributed by atoms with Crippen LogP contribution in [0.2, 0.25) is 0 Å². The first kappa shape index (κ1) is 20.5. The lowest BCUT2D eigenvalue weighted by molar-refractivity contribution is -0.122. The molecule has 2 aliphatic rings. The average Bonchev–Trinajstić information content (AvgIpc) is 3.41. The summed E-state index contributed by atoms with van der Waals surface area (Å²) in [7, 11) is 1.99. The summed E-state index contributed by atoms with van der Waals surface area (Å²) in [6, 6.07) is 14.5. The number of rotatable bonds is 6. The largest absolute Gasteiger partial charge is 0.349 e. The Bertz CT molecular complexity index is 1140. The van der Waals surface area contributed by atoms with Gasteiger partial charge in [-0.1, -0.05) is 24.3 Å². The van der Waals surface area contributed by atoms with E-state index < -0.39 is 0 Å². The van der Waals surface area contributed by atoms with Crippen molar-refractivity contribution in [3.63, 3.8) is 0 Å². The van der Waals surface area contributed by atoms with Crippen LogP contribution in [0.3, 0.4) is 0 Å². The molecule has 0 fully saturated rings. The number of aromatic nitrogens is 3. The van der Waals surface area contributed by atoms with E-state index in [1.807, 2.05) is 46.8 Å². The highest BCUT2D eigenvalue weighted by Gasteiger charge is 2.27. The lowest BCUT2D eigenvalue weighted by atomic mass is 9.87. The molecule has 1 aliphatic heterocycles. The van der Waals surface area contributed by atoms with Gasteiger partial charge in [0, 0.05) is 38.7 Å². The molecule has 166 valence electrons. The molecule has 0 radical (unpaired) electrons. The number of hydrogen-bond acceptors (Lipinski definition) is 3. The quantitative estimate of drug-likeness (QED) is 0.648. The van der Waals surface area contributed by atoms with Crippen molar-refractivity contribution >= 4 is 17.6 Å². The smallest absolute Gasteiger partial charge is 0.229 e. The molecule has 7 heteroatoms. The maximum atomic E-state index is 12.7. The van der Waals surface area contributed by atoms with Crippen molar-refractivity contribution in [2.24, 2.45) is 7.05 Å². The number of benzene rings is 1. The summed E-state index contributed by atoms with van der Waals surface area (Å²) < 4.78 is 3.93. The Morgan fingerprint density at radius 2 is 2.06 bits per heavy atom. The van der Waals surface area contributed by atoms with Crippen molar-refractivity contribution < 1.29 is 9.59 Å². The van der Waals surface area contributed by atoms with Crippen LogP contribution in [-0.2, 0) is 29.6 Å². The zero-order chi connectivity index (χ0) is 22.1. The van der Waals surface area contributed by atoms with Gasteiger partial charge >= 0.3 is 0 Å². The molecule has 0 bridgehead atoms. The predicted octanol–water partition coefficient (Wildman–Crippen LogP) is 3.60. The molecule has 3 aromatic rings. The number of anilines is 1. The number of amides is 2. The molecule has 32 heavy (non-hydrogen) atoms. The minimum atomic E-state index is 0.0502. The van der Waals surface area contributed by atoms with E-state index in [0.717, 1.165) is 36.5 Å². The molecule has 1 aliphatic carbocycles. The van der Waals surface area contributed by atoms with Crippen molar-refractivity contribution in [1.29, 1.82) is 0 Å². The molecule has 0 saturated carbocycles. The Morgan fingerprint density at radius 1 is 1.19 bits per heavy atom. The van der Waals surface area contributed by atoms with Gasteiger partial charge in [-0.25, -0.2) is 4.68 Å². The third-order valence-corrected chi connectivity index (χ3v) is 6.57. The van der Waals surface area contributed by atoms with Gasteiger partial charge in [0.2, 0.25) is 11.8 Å². The summed E-state index contributed by atoms with van der Waals surface area (Å²) >= 11 is 0. The summed E-state index contributed by atoms with van der Waals surface area (Å²) in [6.07, 6.45) is 6.61. The number of fused-ring (bicyclic) bond motifs is 2. The Kier molecular flexibility index (Phi) is 5.55. The van der Waals surface area contributed by atoms with Crippen LogP contribution in [0.1, 0.15) is 49.3 Å². The molecule has 7 nitrogen and oxygen atoms in total. The summed E-state index contributed by atoms with van der Waals surface area (Å²) in [5.74, 6) is 0.964. The second-order valence-corrected chi connectivity index (χ2v) is 8.73. The molecular weight excluding hydrogens is 402 g/mol. The third kappa shape index (κ3) is 3.95. The molecule has 2 amide bonds. The Balaban J connectivity index is 1.21. The third-order valence-electron chi connectivity index (χ3n) is 6.57. The van der Waals surface area contributed by atoms with Gasteiger partial charge in [-0.05, 0) is 48.9 Å². The van der Waals surface area contributed by atoms with Crippen LogP contribution in [-0.4, -0.2) is 32.7 Å². The van der Waals surface area contributed by atoms with Gasteiger partial charge in [-0.2, -0.15) is 5.10 Å². The molecule has 5 rings (SSSR count). The van der Waals surface area contributed by atoms with Crippen LogP contribution in [0, 0.1) is 0 Å². The van der Waals surface area contributed by atoms with Gasteiger partial charge in [0.1, 0.15) is 11.5 Å².